The fraction of sp³-hybridized carbons (Fsp3) is 0.583. The van der Waals surface area contributed by atoms with Crippen molar-refractivity contribution in [2.75, 3.05) is 39.8 Å². The van der Waals surface area contributed by atoms with Crippen LogP contribution in [0, 0.1) is 0 Å². The number of ether oxygens (including phenoxy) is 1. The van der Waals surface area contributed by atoms with Crippen LogP contribution in [0.1, 0.15) is 6.42 Å². The van der Waals surface area contributed by atoms with Crippen molar-refractivity contribution in [3.63, 3.8) is 0 Å². The number of esters is 1. The van der Waals surface area contributed by atoms with Gasteiger partial charge in [0.25, 0.3) is 10.0 Å². The Labute approximate surface area is 123 Å². The molecular weight excluding hydrogens is 300 g/mol. The molecule has 1 aliphatic heterocycles. The van der Waals surface area contributed by atoms with Crippen LogP contribution in [-0.4, -0.2) is 63.4 Å². The summed E-state index contributed by atoms with van der Waals surface area (Å²) in [5.41, 5.74) is 0. The molecule has 0 saturated carbocycles. The first-order chi connectivity index (χ1) is 9.54. The van der Waals surface area contributed by atoms with Gasteiger partial charge in [0.2, 0.25) is 0 Å². The molecule has 0 aliphatic carbocycles. The average molecular weight is 318 g/mol. The first kappa shape index (κ1) is 15.4. The second-order valence-electron chi connectivity index (χ2n) is 4.50. The van der Waals surface area contributed by atoms with Gasteiger partial charge in [0.15, 0.2) is 0 Å². The number of carbonyl (C=O) groups excluding carboxylic acids is 1. The number of methoxy groups -OCH3 is 1. The van der Waals surface area contributed by atoms with Crippen molar-refractivity contribution < 1.29 is 17.9 Å². The predicted molar refractivity (Wildman–Crippen MR) is 76.2 cm³/mol. The van der Waals surface area contributed by atoms with Gasteiger partial charge in [-0.05, 0) is 11.4 Å². The summed E-state index contributed by atoms with van der Waals surface area (Å²) in [4.78, 5) is 13.2. The van der Waals surface area contributed by atoms with Crippen molar-refractivity contribution in [2.45, 2.75) is 10.6 Å². The number of sulfonamides is 1. The maximum atomic E-state index is 12.3. The van der Waals surface area contributed by atoms with E-state index in [1.807, 2.05) is 0 Å². The average Bonchev–Trinajstić information content (AvgIpc) is 3.00. The summed E-state index contributed by atoms with van der Waals surface area (Å²) in [7, 11) is -1.98. The molecule has 20 heavy (non-hydrogen) atoms. The molecule has 0 amide bonds. The third-order valence-corrected chi connectivity index (χ3v) is 6.55. The zero-order valence-electron chi connectivity index (χ0n) is 11.3. The molecule has 1 aromatic rings. The van der Waals surface area contributed by atoms with E-state index in [4.69, 9.17) is 0 Å². The highest BCUT2D eigenvalue weighted by Gasteiger charge is 2.29. The molecule has 0 radical (unpaired) electrons. The zero-order valence-corrected chi connectivity index (χ0v) is 13.0. The lowest BCUT2D eigenvalue weighted by molar-refractivity contribution is -0.141. The third-order valence-electron chi connectivity index (χ3n) is 3.28. The molecule has 2 rings (SSSR count). The van der Waals surface area contributed by atoms with Gasteiger partial charge in [0, 0.05) is 32.7 Å². The quantitative estimate of drug-likeness (QED) is 0.745. The van der Waals surface area contributed by atoms with E-state index >= 15 is 0 Å². The monoisotopic (exact) mass is 318 g/mol. The molecule has 1 aromatic heterocycles. The number of hydrogen-bond donors (Lipinski definition) is 0. The Morgan fingerprint density at radius 1 is 1.35 bits per heavy atom. The third kappa shape index (κ3) is 3.57. The summed E-state index contributed by atoms with van der Waals surface area (Å²) in [6, 6.07) is 3.37. The minimum atomic E-state index is -3.34. The summed E-state index contributed by atoms with van der Waals surface area (Å²) in [5.74, 6) is -0.237. The van der Waals surface area contributed by atoms with Gasteiger partial charge in [-0.3, -0.25) is 4.79 Å². The molecular formula is C12H18N2O4S2. The van der Waals surface area contributed by atoms with E-state index in [0.29, 0.717) is 43.4 Å². The van der Waals surface area contributed by atoms with E-state index in [1.165, 1.54) is 22.8 Å². The number of carbonyl (C=O) groups is 1. The van der Waals surface area contributed by atoms with E-state index in [1.54, 1.807) is 17.5 Å². The minimum absolute atomic E-state index is 0.237. The van der Waals surface area contributed by atoms with Crippen molar-refractivity contribution in [1.29, 1.82) is 0 Å². The second-order valence-corrected chi connectivity index (χ2v) is 7.62. The van der Waals surface area contributed by atoms with Crippen molar-refractivity contribution >= 4 is 27.3 Å². The van der Waals surface area contributed by atoms with Crippen LogP contribution in [0.25, 0.3) is 0 Å². The highest BCUT2D eigenvalue weighted by Crippen LogP contribution is 2.21. The van der Waals surface area contributed by atoms with Crippen molar-refractivity contribution in [2.24, 2.45) is 0 Å². The molecule has 0 aromatic carbocycles. The van der Waals surface area contributed by atoms with Gasteiger partial charge in [0.1, 0.15) is 4.21 Å². The summed E-state index contributed by atoms with van der Waals surface area (Å²) in [5, 5.41) is 1.76. The number of piperazine rings is 1. The summed E-state index contributed by atoms with van der Waals surface area (Å²) >= 11 is 1.24. The molecule has 112 valence electrons. The van der Waals surface area contributed by atoms with Crippen LogP contribution >= 0.6 is 11.3 Å². The molecule has 0 bridgehead atoms. The minimum Gasteiger partial charge on any atom is -0.469 e. The lowest BCUT2D eigenvalue weighted by atomic mass is 10.3. The van der Waals surface area contributed by atoms with Crippen LogP contribution in [0.15, 0.2) is 21.7 Å². The fourth-order valence-corrected chi connectivity index (χ4v) is 4.65. The maximum absolute atomic E-state index is 12.3. The van der Waals surface area contributed by atoms with Crippen LogP contribution in [0.2, 0.25) is 0 Å². The summed E-state index contributed by atoms with van der Waals surface area (Å²) in [6.07, 6.45) is 0.341. The fourth-order valence-electron chi connectivity index (χ4n) is 2.08. The standard InChI is InChI=1S/C12H18N2O4S2/c1-18-11(15)4-5-13-6-8-14(9-7-13)20(16,17)12-3-2-10-19-12/h2-3,10H,4-9H2,1H3. The van der Waals surface area contributed by atoms with Gasteiger partial charge < -0.3 is 9.64 Å². The Bertz CT molecular complexity index is 534. The Kier molecular flexibility index (Phi) is 5.14. The first-order valence-electron chi connectivity index (χ1n) is 6.37. The Hall–Kier alpha value is -0.960. The van der Waals surface area contributed by atoms with Crippen LogP contribution in [0.3, 0.4) is 0 Å². The molecule has 6 nitrogen and oxygen atoms in total. The van der Waals surface area contributed by atoms with E-state index in [2.05, 4.69) is 9.64 Å². The topological polar surface area (TPSA) is 66.9 Å². The molecule has 0 N–H and O–H groups in total. The van der Waals surface area contributed by atoms with Crippen LogP contribution in [0.4, 0.5) is 0 Å². The van der Waals surface area contributed by atoms with Gasteiger partial charge in [-0.15, -0.1) is 11.3 Å². The van der Waals surface area contributed by atoms with Gasteiger partial charge in [-0.25, -0.2) is 8.42 Å². The summed E-state index contributed by atoms with van der Waals surface area (Å²) in [6.45, 7) is 2.81. The van der Waals surface area contributed by atoms with Gasteiger partial charge in [-0.2, -0.15) is 4.31 Å². The molecule has 8 heteroatoms. The second kappa shape index (κ2) is 6.66. The molecule has 2 heterocycles. The van der Waals surface area contributed by atoms with Gasteiger partial charge in [-0.1, -0.05) is 6.07 Å². The smallest absolute Gasteiger partial charge is 0.306 e. The molecule has 0 unspecified atom stereocenters. The SMILES string of the molecule is COC(=O)CCN1CCN(S(=O)(=O)c2cccs2)CC1. The van der Waals surface area contributed by atoms with Crippen LogP contribution in [0.5, 0.6) is 0 Å². The first-order valence-corrected chi connectivity index (χ1v) is 8.69. The van der Waals surface area contributed by atoms with Crippen LogP contribution in [-0.2, 0) is 19.6 Å². The zero-order chi connectivity index (χ0) is 14.6. The molecule has 1 saturated heterocycles. The molecule has 0 spiro atoms. The Morgan fingerprint density at radius 2 is 2.05 bits per heavy atom. The largest absolute Gasteiger partial charge is 0.469 e. The van der Waals surface area contributed by atoms with Crippen LogP contribution < -0.4 is 0 Å². The van der Waals surface area contributed by atoms with Crippen molar-refractivity contribution in [1.82, 2.24) is 9.21 Å². The maximum Gasteiger partial charge on any atom is 0.306 e. The van der Waals surface area contributed by atoms with Gasteiger partial charge in [0.05, 0.1) is 13.5 Å². The number of nitrogens with zero attached hydrogens (tertiary/aromatic N) is 2. The lowest BCUT2D eigenvalue weighted by Gasteiger charge is -2.33. The van der Waals surface area contributed by atoms with E-state index in [9.17, 15) is 13.2 Å². The summed E-state index contributed by atoms with van der Waals surface area (Å²) < 4.78 is 31.1. The van der Waals surface area contributed by atoms with E-state index < -0.39 is 10.0 Å². The highest BCUT2D eigenvalue weighted by molar-refractivity contribution is 7.91. The molecule has 1 aliphatic rings. The number of hydrogen-bond acceptors (Lipinski definition) is 6. The van der Waals surface area contributed by atoms with E-state index in [0.717, 1.165) is 0 Å². The lowest BCUT2D eigenvalue weighted by Crippen LogP contribution is -2.48. The number of thiophene rings is 1. The Morgan fingerprint density at radius 3 is 2.60 bits per heavy atom. The molecule has 0 atom stereocenters. The predicted octanol–water partition coefficient (Wildman–Crippen LogP) is 0.617. The van der Waals surface area contributed by atoms with Crippen molar-refractivity contribution in [3.8, 4) is 0 Å². The van der Waals surface area contributed by atoms with Crippen molar-refractivity contribution in [3.05, 3.63) is 17.5 Å². The highest BCUT2D eigenvalue weighted by atomic mass is 32.2. The van der Waals surface area contributed by atoms with Gasteiger partial charge >= 0.3 is 5.97 Å². The number of rotatable bonds is 5. The normalized spacial score (nSPS) is 18.1. The molecule has 1 fully saturated rings. The Balaban J connectivity index is 1.87. The van der Waals surface area contributed by atoms with E-state index in [-0.39, 0.29) is 5.97 Å².